The predicted molar refractivity (Wildman–Crippen MR) is 60.8 cm³/mol. The molecular weight excluding hydrogens is 256 g/mol. The summed E-state index contributed by atoms with van der Waals surface area (Å²) >= 11 is 3.32. The number of nitriles is 1. The van der Waals surface area contributed by atoms with E-state index in [0.29, 0.717) is 12.1 Å². The molecule has 0 bridgehead atoms. The standard InChI is InChI=1S/C11H9BrN2O/c12-10-4-5-14(11(10)15)9-3-1-2-8(6-9)7-13/h1-3,6,10H,4-5H2. The molecule has 1 heterocycles. The number of carbonyl (C=O) groups excluding carboxylic acids is 1. The summed E-state index contributed by atoms with van der Waals surface area (Å²) < 4.78 is 0. The number of benzene rings is 1. The van der Waals surface area contributed by atoms with Gasteiger partial charge in [-0.2, -0.15) is 5.26 Å². The fourth-order valence-corrected chi connectivity index (χ4v) is 2.10. The van der Waals surface area contributed by atoms with Crippen molar-refractivity contribution in [3.63, 3.8) is 0 Å². The van der Waals surface area contributed by atoms with Crippen molar-refractivity contribution in [1.82, 2.24) is 0 Å². The summed E-state index contributed by atoms with van der Waals surface area (Å²) in [5.41, 5.74) is 1.39. The fourth-order valence-electron chi connectivity index (χ4n) is 1.64. The lowest BCUT2D eigenvalue weighted by molar-refractivity contribution is -0.116. The predicted octanol–water partition coefficient (Wildman–Crippen LogP) is 2.06. The zero-order chi connectivity index (χ0) is 10.8. The first-order valence-electron chi connectivity index (χ1n) is 4.68. The molecule has 1 atom stereocenters. The molecule has 4 heteroatoms. The minimum atomic E-state index is -0.0803. The Morgan fingerprint density at radius 1 is 1.53 bits per heavy atom. The summed E-state index contributed by atoms with van der Waals surface area (Å²) in [6.07, 6.45) is 0.815. The molecular formula is C11H9BrN2O. The summed E-state index contributed by atoms with van der Waals surface area (Å²) in [5.74, 6) is 0.0742. The lowest BCUT2D eigenvalue weighted by Crippen LogP contribution is -2.26. The first-order chi connectivity index (χ1) is 7.22. The molecule has 1 unspecified atom stereocenters. The van der Waals surface area contributed by atoms with E-state index in [1.807, 2.05) is 6.07 Å². The van der Waals surface area contributed by atoms with Crippen molar-refractivity contribution in [2.75, 3.05) is 11.4 Å². The summed E-state index contributed by atoms with van der Waals surface area (Å²) in [7, 11) is 0. The van der Waals surface area contributed by atoms with Gasteiger partial charge in [0.1, 0.15) is 0 Å². The number of alkyl halides is 1. The van der Waals surface area contributed by atoms with Gasteiger partial charge in [-0.15, -0.1) is 0 Å². The largest absolute Gasteiger partial charge is 0.311 e. The van der Waals surface area contributed by atoms with Gasteiger partial charge in [-0.1, -0.05) is 22.0 Å². The maximum absolute atomic E-state index is 11.7. The van der Waals surface area contributed by atoms with Crippen molar-refractivity contribution in [2.24, 2.45) is 0 Å². The van der Waals surface area contributed by atoms with Gasteiger partial charge in [0, 0.05) is 12.2 Å². The van der Waals surface area contributed by atoms with E-state index in [0.717, 1.165) is 12.1 Å². The molecule has 1 aliphatic rings. The maximum Gasteiger partial charge on any atom is 0.240 e. The Morgan fingerprint density at radius 2 is 2.33 bits per heavy atom. The van der Waals surface area contributed by atoms with Crippen molar-refractivity contribution < 1.29 is 4.79 Å². The number of hydrogen-bond donors (Lipinski definition) is 0. The minimum Gasteiger partial charge on any atom is -0.311 e. The molecule has 3 nitrogen and oxygen atoms in total. The van der Waals surface area contributed by atoms with Crippen molar-refractivity contribution in [3.05, 3.63) is 29.8 Å². The van der Waals surface area contributed by atoms with Crippen LogP contribution >= 0.6 is 15.9 Å². The van der Waals surface area contributed by atoms with Gasteiger partial charge in [0.05, 0.1) is 16.5 Å². The number of halogens is 1. The monoisotopic (exact) mass is 264 g/mol. The van der Waals surface area contributed by atoms with Gasteiger partial charge in [-0.05, 0) is 24.6 Å². The van der Waals surface area contributed by atoms with Crippen molar-refractivity contribution in [3.8, 4) is 6.07 Å². The lowest BCUT2D eigenvalue weighted by Gasteiger charge is -2.15. The number of rotatable bonds is 1. The van der Waals surface area contributed by atoms with Crippen molar-refractivity contribution >= 4 is 27.5 Å². The Labute approximate surface area is 96.4 Å². The van der Waals surface area contributed by atoms with Gasteiger partial charge in [0.2, 0.25) is 5.91 Å². The van der Waals surface area contributed by atoms with E-state index in [4.69, 9.17) is 5.26 Å². The summed E-state index contributed by atoms with van der Waals surface area (Å²) in [4.78, 5) is 13.3. The highest BCUT2D eigenvalue weighted by atomic mass is 79.9. The second kappa shape index (κ2) is 4.03. The van der Waals surface area contributed by atoms with Crippen molar-refractivity contribution in [1.29, 1.82) is 5.26 Å². The molecule has 1 fully saturated rings. The molecule has 0 N–H and O–H groups in total. The average Bonchev–Trinajstić information content (AvgIpc) is 2.60. The second-order valence-corrected chi connectivity index (χ2v) is 4.51. The highest BCUT2D eigenvalue weighted by Crippen LogP contribution is 2.25. The van der Waals surface area contributed by atoms with Crippen LogP contribution in [0.1, 0.15) is 12.0 Å². The minimum absolute atomic E-state index is 0.0742. The van der Waals surface area contributed by atoms with Crippen LogP contribution in [-0.4, -0.2) is 17.3 Å². The van der Waals surface area contributed by atoms with E-state index in [1.54, 1.807) is 23.1 Å². The summed E-state index contributed by atoms with van der Waals surface area (Å²) in [6, 6.07) is 9.18. The van der Waals surface area contributed by atoms with Crippen LogP contribution in [0, 0.1) is 11.3 Å². The molecule has 15 heavy (non-hydrogen) atoms. The van der Waals surface area contributed by atoms with Crippen LogP contribution in [-0.2, 0) is 4.79 Å². The van der Waals surface area contributed by atoms with Crippen LogP contribution in [0.2, 0.25) is 0 Å². The molecule has 1 aromatic carbocycles. The third kappa shape index (κ3) is 1.88. The van der Waals surface area contributed by atoms with Crippen LogP contribution in [0.5, 0.6) is 0 Å². The number of nitrogens with zero attached hydrogens (tertiary/aromatic N) is 2. The zero-order valence-electron chi connectivity index (χ0n) is 7.98. The Bertz CT molecular complexity index is 438. The first kappa shape index (κ1) is 10.2. The Kier molecular flexibility index (Phi) is 2.74. The van der Waals surface area contributed by atoms with Gasteiger partial charge >= 0.3 is 0 Å². The quantitative estimate of drug-likeness (QED) is 0.729. The molecule has 76 valence electrons. The molecule has 1 aromatic rings. The highest BCUT2D eigenvalue weighted by Gasteiger charge is 2.30. The Hall–Kier alpha value is -1.34. The Morgan fingerprint density at radius 3 is 2.93 bits per heavy atom. The normalized spacial score (nSPS) is 20.4. The van der Waals surface area contributed by atoms with Gasteiger partial charge in [-0.3, -0.25) is 4.79 Å². The molecule has 1 aliphatic heterocycles. The zero-order valence-corrected chi connectivity index (χ0v) is 9.57. The van der Waals surface area contributed by atoms with Crippen LogP contribution < -0.4 is 4.90 Å². The number of hydrogen-bond acceptors (Lipinski definition) is 2. The van der Waals surface area contributed by atoms with Crippen LogP contribution in [0.3, 0.4) is 0 Å². The van der Waals surface area contributed by atoms with Crippen LogP contribution in [0.25, 0.3) is 0 Å². The van der Waals surface area contributed by atoms with Gasteiger partial charge in [-0.25, -0.2) is 0 Å². The Balaban J connectivity index is 2.31. The first-order valence-corrected chi connectivity index (χ1v) is 5.59. The van der Waals surface area contributed by atoms with Crippen LogP contribution in [0.4, 0.5) is 5.69 Å². The molecule has 0 aliphatic carbocycles. The molecule has 0 radical (unpaired) electrons. The topological polar surface area (TPSA) is 44.1 Å². The lowest BCUT2D eigenvalue weighted by atomic mass is 10.2. The molecule has 0 saturated carbocycles. The third-order valence-corrected chi connectivity index (χ3v) is 3.28. The van der Waals surface area contributed by atoms with E-state index in [1.165, 1.54) is 0 Å². The van der Waals surface area contributed by atoms with Crippen LogP contribution in [0.15, 0.2) is 24.3 Å². The number of carbonyl (C=O) groups is 1. The summed E-state index contributed by atoms with van der Waals surface area (Å²) in [5, 5.41) is 8.76. The highest BCUT2D eigenvalue weighted by molar-refractivity contribution is 9.10. The van der Waals surface area contributed by atoms with E-state index in [2.05, 4.69) is 22.0 Å². The smallest absolute Gasteiger partial charge is 0.240 e. The van der Waals surface area contributed by atoms with E-state index < -0.39 is 0 Å². The molecule has 0 spiro atoms. The van der Waals surface area contributed by atoms with E-state index >= 15 is 0 Å². The maximum atomic E-state index is 11.7. The second-order valence-electron chi connectivity index (χ2n) is 3.41. The fraction of sp³-hybridized carbons (Fsp3) is 0.273. The third-order valence-electron chi connectivity index (χ3n) is 2.43. The van der Waals surface area contributed by atoms with Gasteiger partial charge in [0.15, 0.2) is 0 Å². The molecule has 2 rings (SSSR count). The molecule has 1 amide bonds. The van der Waals surface area contributed by atoms with E-state index in [9.17, 15) is 4.79 Å². The number of amides is 1. The molecule has 0 aromatic heterocycles. The average molecular weight is 265 g/mol. The molecule has 1 saturated heterocycles. The van der Waals surface area contributed by atoms with Crippen molar-refractivity contribution in [2.45, 2.75) is 11.2 Å². The SMILES string of the molecule is N#Cc1cccc(N2CCC(Br)C2=O)c1. The van der Waals surface area contributed by atoms with E-state index in [-0.39, 0.29) is 10.7 Å². The summed E-state index contributed by atoms with van der Waals surface area (Å²) in [6.45, 7) is 0.712. The van der Waals surface area contributed by atoms with Gasteiger partial charge < -0.3 is 4.90 Å². The number of anilines is 1. The van der Waals surface area contributed by atoms with Gasteiger partial charge in [0.25, 0.3) is 0 Å².